The molecule has 0 aromatic carbocycles. The average molecular weight is 913 g/mol. The van der Waals surface area contributed by atoms with Crippen molar-refractivity contribution in [3.63, 3.8) is 0 Å². The zero-order valence-electron chi connectivity index (χ0n) is 42.4. The largest absolute Gasteiger partial charge is 0.462 e. The summed E-state index contributed by atoms with van der Waals surface area (Å²) in [6.45, 7) is 6.29. The highest BCUT2D eigenvalue weighted by Crippen LogP contribution is 2.14. The predicted octanol–water partition coefficient (Wildman–Crippen LogP) is 17.7. The van der Waals surface area contributed by atoms with Gasteiger partial charge in [-0.2, -0.15) is 0 Å². The summed E-state index contributed by atoms with van der Waals surface area (Å²) in [5.74, 6) is -1.10. The van der Waals surface area contributed by atoms with Gasteiger partial charge < -0.3 is 14.2 Å². The van der Waals surface area contributed by atoms with E-state index >= 15 is 0 Å². The molecule has 0 aliphatic carbocycles. The van der Waals surface area contributed by atoms with Gasteiger partial charge in [-0.05, 0) is 89.9 Å². The lowest BCUT2D eigenvalue weighted by molar-refractivity contribution is -0.166. The number of rotatable bonds is 46. The number of ether oxygens (including phenoxy) is 3. The average Bonchev–Trinajstić information content (AvgIpc) is 3.31. The van der Waals surface area contributed by atoms with Crippen LogP contribution in [0.4, 0.5) is 0 Å². The molecule has 1 unspecified atom stereocenters. The fourth-order valence-electron chi connectivity index (χ4n) is 6.84. The van der Waals surface area contributed by atoms with Gasteiger partial charge >= 0.3 is 17.9 Å². The Balaban J connectivity index is 4.57. The Morgan fingerprint density at radius 2 is 0.636 bits per heavy atom. The number of hydrogen-bond donors (Lipinski definition) is 0. The van der Waals surface area contributed by atoms with Crippen LogP contribution in [0.5, 0.6) is 0 Å². The highest BCUT2D eigenvalue weighted by atomic mass is 16.6. The summed E-state index contributed by atoms with van der Waals surface area (Å²) in [7, 11) is 0. The third-order valence-corrected chi connectivity index (χ3v) is 10.7. The molecule has 0 bridgehead atoms. The first kappa shape index (κ1) is 61.8. The van der Waals surface area contributed by atoms with E-state index in [1.165, 1.54) is 70.6 Å². The zero-order valence-corrected chi connectivity index (χ0v) is 42.4. The number of carbonyl (C=O) groups is 3. The van der Waals surface area contributed by atoms with E-state index in [4.69, 9.17) is 14.2 Å². The SMILES string of the molecule is CC/C=C\C/C=C\C/C=C\C/C=C\C/C=C\CCCCCC(=O)OCC(COC(=O)CCCCCCCCCCCCCCCC)OC(=O)C/C=C\C/C=C\C/C=C\C/C=C\C/C=C\CC. The Morgan fingerprint density at radius 3 is 1.00 bits per heavy atom. The van der Waals surface area contributed by atoms with Crippen LogP contribution in [0.25, 0.3) is 0 Å². The number of esters is 3. The molecule has 0 radical (unpaired) electrons. The summed E-state index contributed by atoms with van der Waals surface area (Å²) in [4.78, 5) is 38.0. The van der Waals surface area contributed by atoms with Gasteiger partial charge in [-0.15, -0.1) is 0 Å². The normalized spacial score (nSPS) is 13.1. The molecular weight excluding hydrogens is 817 g/mol. The second-order valence-electron chi connectivity index (χ2n) is 17.0. The summed E-state index contributed by atoms with van der Waals surface area (Å²) in [6.07, 6.45) is 73.5. The van der Waals surface area contributed by atoms with Gasteiger partial charge in [0.1, 0.15) is 13.2 Å². The molecule has 0 aliphatic heterocycles. The summed E-state index contributed by atoms with van der Waals surface area (Å²) < 4.78 is 16.7. The second kappa shape index (κ2) is 53.4. The fraction of sp³-hybridized carbons (Fsp3) is 0.617. The first-order chi connectivity index (χ1) is 32.5. The van der Waals surface area contributed by atoms with Crippen LogP contribution in [-0.2, 0) is 28.6 Å². The minimum absolute atomic E-state index is 0.0862. The molecule has 0 amide bonds. The molecule has 6 nitrogen and oxygen atoms in total. The van der Waals surface area contributed by atoms with Gasteiger partial charge in [-0.25, -0.2) is 0 Å². The maximum Gasteiger partial charge on any atom is 0.310 e. The van der Waals surface area contributed by atoms with Crippen molar-refractivity contribution in [1.29, 1.82) is 0 Å². The molecule has 66 heavy (non-hydrogen) atoms. The van der Waals surface area contributed by atoms with Gasteiger partial charge in [0.05, 0.1) is 6.42 Å². The van der Waals surface area contributed by atoms with Crippen molar-refractivity contribution >= 4 is 17.9 Å². The standard InChI is InChI=1S/C60H96O6/c1-4-7-10-13-16-19-22-25-28-29-30-31-33-35-38-41-44-47-50-53-59(62)65-56-57(55-64-58(61)52-49-46-43-40-37-34-27-24-21-18-15-12-9-6-3)66-60(63)54-51-48-45-42-39-36-32-26-23-20-17-14-11-8-5-2/h7-8,10-11,16-17,19-20,25-26,28,30-32,35,38-39,42,48,51,57H,4-6,9,12-15,18,21-24,27,29,33-34,36-37,40-41,43-47,49-50,52-56H2,1-3H3/b10-7-,11-8-,19-16-,20-17-,28-25-,31-30-,32-26-,38-35-,42-39-,51-48-. The van der Waals surface area contributed by atoms with Crippen LogP contribution in [0.2, 0.25) is 0 Å². The molecule has 372 valence electrons. The Labute approximate surface area is 405 Å². The van der Waals surface area contributed by atoms with E-state index in [9.17, 15) is 14.4 Å². The van der Waals surface area contributed by atoms with Gasteiger partial charge in [-0.1, -0.05) is 232 Å². The quantitative estimate of drug-likeness (QED) is 0.0262. The molecule has 0 rings (SSSR count). The molecule has 0 aliphatic rings. The minimum Gasteiger partial charge on any atom is -0.462 e. The second-order valence-corrected chi connectivity index (χ2v) is 17.0. The number of hydrogen-bond acceptors (Lipinski definition) is 6. The number of allylic oxidation sites excluding steroid dienone is 19. The molecule has 1 atom stereocenters. The Morgan fingerprint density at radius 1 is 0.333 bits per heavy atom. The Bertz CT molecular complexity index is 1420. The van der Waals surface area contributed by atoms with Gasteiger partial charge in [0.15, 0.2) is 6.10 Å². The van der Waals surface area contributed by atoms with Crippen molar-refractivity contribution in [3.05, 3.63) is 122 Å². The third-order valence-electron chi connectivity index (χ3n) is 10.7. The highest BCUT2D eigenvalue weighted by molar-refractivity contribution is 5.72. The first-order valence-electron chi connectivity index (χ1n) is 26.5. The number of carbonyl (C=O) groups excluding carboxylic acids is 3. The monoisotopic (exact) mass is 913 g/mol. The van der Waals surface area contributed by atoms with Crippen LogP contribution < -0.4 is 0 Å². The lowest BCUT2D eigenvalue weighted by atomic mass is 10.0. The summed E-state index contributed by atoms with van der Waals surface area (Å²) >= 11 is 0. The molecule has 0 aromatic rings. The smallest absolute Gasteiger partial charge is 0.310 e. The van der Waals surface area contributed by atoms with Gasteiger partial charge in [0.2, 0.25) is 0 Å². The van der Waals surface area contributed by atoms with Crippen molar-refractivity contribution in [2.75, 3.05) is 13.2 Å². The molecule has 0 N–H and O–H groups in total. The zero-order chi connectivity index (χ0) is 47.9. The number of unbranched alkanes of at least 4 members (excludes halogenated alkanes) is 16. The van der Waals surface area contributed by atoms with E-state index in [2.05, 4.69) is 130 Å². The lowest BCUT2D eigenvalue weighted by Gasteiger charge is -2.18. The summed E-state index contributed by atoms with van der Waals surface area (Å²) in [6, 6.07) is 0. The van der Waals surface area contributed by atoms with Crippen molar-refractivity contribution in [2.45, 2.75) is 226 Å². The maximum atomic E-state index is 12.8. The van der Waals surface area contributed by atoms with Gasteiger partial charge in [0, 0.05) is 12.8 Å². The molecule has 0 heterocycles. The highest BCUT2D eigenvalue weighted by Gasteiger charge is 2.19. The van der Waals surface area contributed by atoms with Crippen molar-refractivity contribution in [2.24, 2.45) is 0 Å². The summed E-state index contributed by atoms with van der Waals surface area (Å²) in [5.41, 5.74) is 0. The fourth-order valence-corrected chi connectivity index (χ4v) is 6.84. The molecular formula is C60H96O6. The van der Waals surface area contributed by atoms with E-state index in [1.54, 1.807) is 6.08 Å². The molecule has 6 heteroatoms. The van der Waals surface area contributed by atoms with Crippen LogP contribution in [0.15, 0.2) is 122 Å². The van der Waals surface area contributed by atoms with Crippen LogP contribution in [0.3, 0.4) is 0 Å². The minimum atomic E-state index is -0.847. The predicted molar refractivity (Wildman–Crippen MR) is 283 cm³/mol. The van der Waals surface area contributed by atoms with E-state index < -0.39 is 12.1 Å². The van der Waals surface area contributed by atoms with E-state index in [1.807, 2.05) is 6.08 Å². The van der Waals surface area contributed by atoms with Gasteiger partial charge in [0.25, 0.3) is 0 Å². The van der Waals surface area contributed by atoms with Crippen molar-refractivity contribution in [3.8, 4) is 0 Å². The molecule has 0 saturated carbocycles. The molecule has 0 aromatic heterocycles. The van der Waals surface area contributed by atoms with Crippen LogP contribution >= 0.6 is 0 Å². The topological polar surface area (TPSA) is 78.9 Å². The van der Waals surface area contributed by atoms with Crippen LogP contribution in [0, 0.1) is 0 Å². The van der Waals surface area contributed by atoms with Crippen LogP contribution in [0.1, 0.15) is 220 Å². The van der Waals surface area contributed by atoms with Crippen molar-refractivity contribution in [1.82, 2.24) is 0 Å². The molecule has 0 fully saturated rings. The lowest BCUT2D eigenvalue weighted by Crippen LogP contribution is -2.30. The first-order valence-corrected chi connectivity index (χ1v) is 26.5. The Kier molecular flexibility index (Phi) is 50.0. The van der Waals surface area contributed by atoms with E-state index in [0.29, 0.717) is 19.3 Å². The third kappa shape index (κ3) is 50.8. The molecule has 0 saturated heterocycles. The van der Waals surface area contributed by atoms with Gasteiger partial charge in [-0.3, -0.25) is 14.4 Å². The van der Waals surface area contributed by atoms with Crippen molar-refractivity contribution < 1.29 is 28.6 Å². The Hall–Kier alpha value is -4.19. The maximum absolute atomic E-state index is 12.8. The van der Waals surface area contributed by atoms with E-state index in [0.717, 1.165) is 103 Å². The van der Waals surface area contributed by atoms with E-state index in [-0.39, 0.29) is 31.6 Å². The summed E-state index contributed by atoms with van der Waals surface area (Å²) in [5, 5.41) is 0. The van der Waals surface area contributed by atoms with Crippen LogP contribution in [-0.4, -0.2) is 37.2 Å². The molecule has 0 spiro atoms.